The topological polar surface area (TPSA) is 78.3 Å². The second kappa shape index (κ2) is 6.05. The van der Waals surface area contributed by atoms with Gasteiger partial charge in [-0.1, -0.05) is 12.1 Å². The van der Waals surface area contributed by atoms with E-state index in [4.69, 9.17) is 5.11 Å². The Morgan fingerprint density at radius 2 is 2.00 bits per heavy atom. The molecular formula is C15H18N4O2. The number of anilines is 1. The van der Waals surface area contributed by atoms with Crippen molar-refractivity contribution in [1.29, 1.82) is 0 Å². The quantitative estimate of drug-likeness (QED) is 0.873. The second-order valence-corrected chi connectivity index (χ2v) is 5.19. The largest absolute Gasteiger partial charge is 0.475 e. The van der Waals surface area contributed by atoms with Crippen molar-refractivity contribution in [1.82, 2.24) is 14.9 Å². The number of carboxylic acids is 1. The molecular weight excluding hydrogens is 268 g/mol. The summed E-state index contributed by atoms with van der Waals surface area (Å²) in [7, 11) is 0. The van der Waals surface area contributed by atoms with Gasteiger partial charge in [0.2, 0.25) is 5.82 Å². The predicted molar refractivity (Wildman–Crippen MR) is 80.7 cm³/mol. The number of para-hydroxylation sites is 1. The Balaban J connectivity index is 1.80. The Morgan fingerprint density at radius 1 is 1.24 bits per heavy atom. The molecule has 0 aliphatic carbocycles. The van der Waals surface area contributed by atoms with Gasteiger partial charge < -0.3 is 15.3 Å². The van der Waals surface area contributed by atoms with E-state index < -0.39 is 5.97 Å². The number of benzene rings is 1. The molecule has 0 unspecified atom stereocenters. The number of fused-ring (bicyclic) bond motifs is 1. The maximum atomic E-state index is 11.1. The molecule has 6 heteroatoms. The van der Waals surface area contributed by atoms with Crippen LogP contribution < -0.4 is 5.32 Å². The lowest BCUT2D eigenvalue weighted by Gasteiger charge is -2.15. The van der Waals surface area contributed by atoms with Gasteiger partial charge in [-0.05, 0) is 38.1 Å². The van der Waals surface area contributed by atoms with Gasteiger partial charge in [0.15, 0.2) is 0 Å². The highest BCUT2D eigenvalue weighted by Crippen LogP contribution is 2.20. The summed E-state index contributed by atoms with van der Waals surface area (Å²) in [6, 6.07) is 7.45. The van der Waals surface area contributed by atoms with E-state index in [0.717, 1.165) is 31.6 Å². The van der Waals surface area contributed by atoms with E-state index in [-0.39, 0.29) is 5.82 Å². The van der Waals surface area contributed by atoms with E-state index in [1.165, 1.54) is 12.8 Å². The number of hydrogen-bond acceptors (Lipinski definition) is 5. The van der Waals surface area contributed by atoms with Crippen molar-refractivity contribution in [3.63, 3.8) is 0 Å². The van der Waals surface area contributed by atoms with Crippen LogP contribution in [0.25, 0.3) is 10.9 Å². The van der Waals surface area contributed by atoms with Crippen LogP contribution in [-0.2, 0) is 0 Å². The Kier molecular flexibility index (Phi) is 3.96. The van der Waals surface area contributed by atoms with Crippen LogP contribution in [-0.4, -0.2) is 52.1 Å². The maximum Gasteiger partial charge on any atom is 0.374 e. The summed E-state index contributed by atoms with van der Waals surface area (Å²) in [5.41, 5.74) is 0.647. The molecule has 1 aliphatic heterocycles. The number of rotatable bonds is 5. The van der Waals surface area contributed by atoms with E-state index in [0.29, 0.717) is 11.3 Å². The average molecular weight is 286 g/mol. The van der Waals surface area contributed by atoms with E-state index >= 15 is 0 Å². The average Bonchev–Trinajstić information content (AvgIpc) is 3.00. The van der Waals surface area contributed by atoms with Crippen LogP contribution in [0, 0.1) is 0 Å². The molecule has 2 N–H and O–H groups in total. The summed E-state index contributed by atoms with van der Waals surface area (Å²) < 4.78 is 0. The molecule has 1 aromatic carbocycles. The number of aromatic nitrogens is 2. The van der Waals surface area contributed by atoms with Crippen molar-refractivity contribution < 1.29 is 9.90 Å². The van der Waals surface area contributed by atoms with E-state index in [1.54, 1.807) is 6.07 Å². The SMILES string of the molecule is O=C(O)c1nc(NCCN2CCCC2)c2ccccc2n1. The van der Waals surface area contributed by atoms with Crippen molar-refractivity contribution in [3.05, 3.63) is 30.1 Å². The van der Waals surface area contributed by atoms with Gasteiger partial charge in [-0.25, -0.2) is 14.8 Å². The van der Waals surface area contributed by atoms with Gasteiger partial charge in [0.1, 0.15) is 5.82 Å². The van der Waals surface area contributed by atoms with Crippen molar-refractivity contribution in [2.75, 3.05) is 31.5 Å². The summed E-state index contributed by atoms with van der Waals surface area (Å²) in [6.07, 6.45) is 2.53. The molecule has 1 saturated heterocycles. The third-order valence-electron chi connectivity index (χ3n) is 3.71. The van der Waals surface area contributed by atoms with Crippen LogP contribution in [0.1, 0.15) is 23.5 Å². The van der Waals surface area contributed by atoms with Gasteiger partial charge in [-0.2, -0.15) is 0 Å². The lowest BCUT2D eigenvalue weighted by molar-refractivity contribution is 0.0684. The number of aromatic carboxylic acids is 1. The third-order valence-corrected chi connectivity index (χ3v) is 3.71. The summed E-state index contributed by atoms with van der Waals surface area (Å²) in [4.78, 5) is 21.7. The fourth-order valence-electron chi connectivity index (χ4n) is 2.65. The number of nitrogens with zero attached hydrogens (tertiary/aromatic N) is 3. The predicted octanol–water partition coefficient (Wildman–Crippen LogP) is 1.84. The smallest absolute Gasteiger partial charge is 0.374 e. The molecule has 3 rings (SSSR count). The summed E-state index contributed by atoms with van der Waals surface area (Å²) in [5.74, 6) is -0.682. The molecule has 1 fully saturated rings. The van der Waals surface area contributed by atoms with Crippen LogP contribution in [0.4, 0.5) is 5.82 Å². The lowest BCUT2D eigenvalue weighted by atomic mass is 10.2. The van der Waals surface area contributed by atoms with E-state index in [2.05, 4.69) is 20.2 Å². The number of nitrogens with one attached hydrogen (secondary N) is 1. The zero-order valence-corrected chi connectivity index (χ0v) is 11.7. The Morgan fingerprint density at radius 3 is 2.76 bits per heavy atom. The molecule has 0 atom stereocenters. The molecule has 0 spiro atoms. The van der Waals surface area contributed by atoms with Crippen molar-refractivity contribution in [2.45, 2.75) is 12.8 Å². The van der Waals surface area contributed by atoms with E-state index in [1.807, 2.05) is 18.2 Å². The molecule has 110 valence electrons. The highest BCUT2D eigenvalue weighted by molar-refractivity contribution is 5.93. The van der Waals surface area contributed by atoms with Crippen LogP contribution in [0.3, 0.4) is 0 Å². The zero-order chi connectivity index (χ0) is 14.7. The first-order valence-electron chi connectivity index (χ1n) is 7.20. The van der Waals surface area contributed by atoms with Crippen molar-refractivity contribution >= 4 is 22.7 Å². The first kappa shape index (κ1) is 13.8. The van der Waals surface area contributed by atoms with Crippen LogP contribution >= 0.6 is 0 Å². The molecule has 1 aliphatic rings. The summed E-state index contributed by atoms with van der Waals surface area (Å²) in [5, 5.41) is 13.2. The maximum absolute atomic E-state index is 11.1. The van der Waals surface area contributed by atoms with Crippen LogP contribution in [0.2, 0.25) is 0 Å². The standard InChI is InChI=1S/C15H18N4O2/c20-15(21)14-17-12-6-2-1-5-11(12)13(18-14)16-7-10-19-8-3-4-9-19/h1-2,5-6H,3-4,7-10H2,(H,20,21)(H,16,17,18). The number of carboxylic acid groups (broad SMARTS) is 1. The molecule has 2 heterocycles. The van der Waals surface area contributed by atoms with Gasteiger partial charge in [0, 0.05) is 18.5 Å². The minimum absolute atomic E-state index is 0.169. The summed E-state index contributed by atoms with van der Waals surface area (Å²) in [6.45, 7) is 3.99. The first-order chi connectivity index (χ1) is 10.2. The lowest BCUT2D eigenvalue weighted by Crippen LogP contribution is -2.26. The normalized spacial score (nSPS) is 15.4. The Labute approximate surface area is 122 Å². The molecule has 0 amide bonds. The zero-order valence-electron chi connectivity index (χ0n) is 11.7. The van der Waals surface area contributed by atoms with Gasteiger partial charge >= 0.3 is 5.97 Å². The van der Waals surface area contributed by atoms with Crippen LogP contribution in [0.5, 0.6) is 0 Å². The fourth-order valence-corrected chi connectivity index (χ4v) is 2.65. The highest BCUT2D eigenvalue weighted by atomic mass is 16.4. The number of carbonyl (C=O) groups is 1. The molecule has 21 heavy (non-hydrogen) atoms. The van der Waals surface area contributed by atoms with E-state index in [9.17, 15) is 4.79 Å². The summed E-state index contributed by atoms with van der Waals surface area (Å²) >= 11 is 0. The third kappa shape index (κ3) is 3.11. The van der Waals surface area contributed by atoms with Gasteiger partial charge in [-0.15, -0.1) is 0 Å². The number of hydrogen-bond donors (Lipinski definition) is 2. The monoisotopic (exact) mass is 286 g/mol. The van der Waals surface area contributed by atoms with Gasteiger partial charge in [-0.3, -0.25) is 0 Å². The Bertz CT molecular complexity index is 653. The van der Waals surface area contributed by atoms with Crippen LogP contribution in [0.15, 0.2) is 24.3 Å². The minimum atomic E-state index is -1.11. The van der Waals surface area contributed by atoms with Gasteiger partial charge in [0.05, 0.1) is 5.52 Å². The van der Waals surface area contributed by atoms with Crippen molar-refractivity contribution in [2.24, 2.45) is 0 Å². The molecule has 2 aromatic rings. The number of likely N-dealkylation sites (tertiary alicyclic amines) is 1. The molecule has 0 saturated carbocycles. The molecule has 6 nitrogen and oxygen atoms in total. The molecule has 0 radical (unpaired) electrons. The van der Waals surface area contributed by atoms with Crippen molar-refractivity contribution in [3.8, 4) is 0 Å². The Hall–Kier alpha value is -2.21. The molecule has 1 aromatic heterocycles. The van der Waals surface area contributed by atoms with Gasteiger partial charge in [0.25, 0.3) is 0 Å². The highest BCUT2D eigenvalue weighted by Gasteiger charge is 2.14. The second-order valence-electron chi connectivity index (χ2n) is 5.19. The minimum Gasteiger partial charge on any atom is -0.475 e. The fraction of sp³-hybridized carbons (Fsp3) is 0.400. The first-order valence-corrected chi connectivity index (χ1v) is 7.20. The molecule has 0 bridgehead atoms.